The zero-order chi connectivity index (χ0) is 11.3. The third-order valence-corrected chi connectivity index (χ3v) is 2.03. The van der Waals surface area contributed by atoms with Crippen LogP contribution in [0.15, 0.2) is 49.1 Å². The highest BCUT2D eigenvalue weighted by molar-refractivity contribution is 6.03. The molecule has 1 aromatic carbocycles. The molecule has 0 heterocycles. The molecule has 15 heavy (non-hydrogen) atoms. The Kier molecular flexibility index (Phi) is 3.86. The molecule has 0 atom stereocenters. The molecule has 0 bridgehead atoms. The molecule has 78 valence electrons. The third-order valence-electron chi connectivity index (χ3n) is 2.03. The molecule has 0 aliphatic heterocycles. The Morgan fingerprint density at radius 1 is 1.27 bits per heavy atom. The van der Waals surface area contributed by atoms with Crippen molar-refractivity contribution >= 4 is 11.5 Å². The van der Waals surface area contributed by atoms with Gasteiger partial charge in [0.2, 0.25) is 0 Å². The molecule has 0 N–H and O–H groups in total. The second kappa shape index (κ2) is 5.15. The number of nitrogens with zero attached hydrogens (tertiary/aromatic N) is 1. The van der Waals surface area contributed by atoms with Gasteiger partial charge in [0.25, 0.3) is 0 Å². The normalized spacial score (nSPS) is 10.9. The molecule has 2 nitrogen and oxygen atoms in total. The minimum Gasteiger partial charge on any atom is -0.377 e. The molecule has 0 aliphatic rings. The maximum atomic E-state index is 11.3. The van der Waals surface area contributed by atoms with Gasteiger partial charge in [0.15, 0.2) is 5.78 Å². The first-order valence-corrected chi connectivity index (χ1v) is 4.76. The van der Waals surface area contributed by atoms with Gasteiger partial charge in [-0.05, 0) is 11.6 Å². The van der Waals surface area contributed by atoms with E-state index in [1.165, 1.54) is 6.08 Å². The van der Waals surface area contributed by atoms with Crippen LogP contribution in [0.3, 0.4) is 0 Å². The van der Waals surface area contributed by atoms with Crippen molar-refractivity contribution in [3.05, 3.63) is 54.6 Å². The quantitative estimate of drug-likeness (QED) is 0.697. The van der Waals surface area contributed by atoms with E-state index < -0.39 is 0 Å². The van der Waals surface area contributed by atoms with E-state index in [1.807, 2.05) is 49.3 Å². The molecule has 0 saturated heterocycles. The predicted octanol–water partition coefficient (Wildman–Crippen LogP) is 2.34. The minimum atomic E-state index is -0.0810. The van der Waals surface area contributed by atoms with Crippen molar-refractivity contribution in [1.29, 1.82) is 0 Å². The number of allylic oxidation sites excluding steroid dienone is 2. The highest BCUT2D eigenvalue weighted by atomic mass is 16.1. The summed E-state index contributed by atoms with van der Waals surface area (Å²) in [5.41, 5.74) is 1.92. The standard InChI is InChI=1S/C13H15NO/c1-4-12(15)10-13(14(2)3)11-8-6-5-7-9-11/h4-10H,1H2,2-3H3. The van der Waals surface area contributed by atoms with E-state index in [2.05, 4.69) is 6.58 Å². The Hall–Kier alpha value is -1.83. The van der Waals surface area contributed by atoms with E-state index in [-0.39, 0.29) is 5.78 Å². The van der Waals surface area contributed by atoms with Crippen molar-refractivity contribution in [1.82, 2.24) is 4.90 Å². The highest BCUT2D eigenvalue weighted by Gasteiger charge is 2.04. The van der Waals surface area contributed by atoms with Crippen LogP contribution in [0.5, 0.6) is 0 Å². The second-order valence-corrected chi connectivity index (χ2v) is 3.40. The number of carbonyl (C=O) groups is 1. The summed E-state index contributed by atoms with van der Waals surface area (Å²) in [6, 6.07) is 9.80. The predicted molar refractivity (Wildman–Crippen MR) is 63.3 cm³/mol. The average Bonchev–Trinajstić information content (AvgIpc) is 2.26. The fraction of sp³-hybridized carbons (Fsp3) is 0.154. The van der Waals surface area contributed by atoms with Crippen LogP contribution in [0, 0.1) is 0 Å². The fourth-order valence-electron chi connectivity index (χ4n) is 1.27. The van der Waals surface area contributed by atoms with Crippen LogP contribution in [-0.4, -0.2) is 24.8 Å². The lowest BCUT2D eigenvalue weighted by molar-refractivity contribution is -0.110. The Labute approximate surface area is 90.5 Å². The van der Waals surface area contributed by atoms with E-state index in [9.17, 15) is 4.79 Å². The maximum absolute atomic E-state index is 11.3. The summed E-state index contributed by atoms with van der Waals surface area (Å²) in [6.07, 6.45) is 2.90. The molecule has 0 aromatic heterocycles. The molecular formula is C13H15NO. The van der Waals surface area contributed by atoms with Crippen molar-refractivity contribution in [3.8, 4) is 0 Å². The lowest BCUT2D eigenvalue weighted by Crippen LogP contribution is -2.11. The molecule has 0 amide bonds. The summed E-state index contributed by atoms with van der Waals surface area (Å²) in [5, 5.41) is 0. The van der Waals surface area contributed by atoms with Crippen LogP contribution in [0.4, 0.5) is 0 Å². The van der Waals surface area contributed by atoms with Gasteiger partial charge in [0.1, 0.15) is 0 Å². The van der Waals surface area contributed by atoms with E-state index in [0.717, 1.165) is 11.3 Å². The van der Waals surface area contributed by atoms with E-state index >= 15 is 0 Å². The van der Waals surface area contributed by atoms with E-state index in [1.54, 1.807) is 6.08 Å². The molecule has 0 radical (unpaired) electrons. The number of hydrogen-bond acceptors (Lipinski definition) is 2. The van der Waals surface area contributed by atoms with Gasteiger partial charge in [0, 0.05) is 25.9 Å². The third kappa shape index (κ3) is 3.09. The lowest BCUT2D eigenvalue weighted by atomic mass is 10.1. The van der Waals surface area contributed by atoms with E-state index in [4.69, 9.17) is 0 Å². The SMILES string of the molecule is C=CC(=O)C=C(c1ccccc1)N(C)C. The topological polar surface area (TPSA) is 20.3 Å². The number of rotatable bonds is 4. The fourth-order valence-corrected chi connectivity index (χ4v) is 1.27. The Bertz CT molecular complexity index is 377. The van der Waals surface area contributed by atoms with Gasteiger partial charge in [-0.1, -0.05) is 36.9 Å². The van der Waals surface area contributed by atoms with Crippen molar-refractivity contribution in [3.63, 3.8) is 0 Å². The molecule has 0 spiro atoms. The van der Waals surface area contributed by atoms with Crippen molar-refractivity contribution in [2.45, 2.75) is 0 Å². The monoisotopic (exact) mass is 201 g/mol. The van der Waals surface area contributed by atoms with E-state index in [0.29, 0.717) is 0 Å². The van der Waals surface area contributed by atoms with Gasteiger partial charge in [-0.25, -0.2) is 0 Å². The molecule has 1 aromatic rings. The van der Waals surface area contributed by atoms with Crippen LogP contribution >= 0.6 is 0 Å². The molecular weight excluding hydrogens is 186 g/mol. The summed E-state index contributed by atoms with van der Waals surface area (Å²) >= 11 is 0. The van der Waals surface area contributed by atoms with Gasteiger partial charge in [-0.15, -0.1) is 0 Å². The van der Waals surface area contributed by atoms with Gasteiger partial charge < -0.3 is 4.90 Å². The molecule has 0 aliphatic carbocycles. The average molecular weight is 201 g/mol. The Balaban J connectivity index is 3.09. The molecule has 0 saturated carbocycles. The minimum absolute atomic E-state index is 0.0810. The van der Waals surface area contributed by atoms with Crippen LogP contribution < -0.4 is 0 Å². The first-order chi connectivity index (χ1) is 7.15. The van der Waals surface area contributed by atoms with Crippen LogP contribution in [0.1, 0.15) is 5.56 Å². The summed E-state index contributed by atoms with van der Waals surface area (Å²) in [4.78, 5) is 13.2. The molecule has 0 unspecified atom stereocenters. The van der Waals surface area contributed by atoms with Crippen LogP contribution in [-0.2, 0) is 4.79 Å². The molecule has 2 heteroatoms. The maximum Gasteiger partial charge on any atom is 0.180 e. The molecule has 1 rings (SSSR count). The number of benzene rings is 1. The summed E-state index contributed by atoms with van der Waals surface area (Å²) in [6.45, 7) is 3.45. The van der Waals surface area contributed by atoms with Gasteiger partial charge in [-0.3, -0.25) is 4.79 Å². The highest BCUT2D eigenvalue weighted by Crippen LogP contribution is 2.15. The first-order valence-electron chi connectivity index (χ1n) is 4.76. The smallest absolute Gasteiger partial charge is 0.180 e. The zero-order valence-corrected chi connectivity index (χ0v) is 9.10. The van der Waals surface area contributed by atoms with Gasteiger partial charge in [-0.2, -0.15) is 0 Å². The van der Waals surface area contributed by atoms with Crippen LogP contribution in [0.2, 0.25) is 0 Å². The summed E-state index contributed by atoms with van der Waals surface area (Å²) in [7, 11) is 3.82. The van der Waals surface area contributed by atoms with Crippen LogP contribution in [0.25, 0.3) is 5.70 Å². The number of carbonyl (C=O) groups excluding carboxylic acids is 1. The summed E-state index contributed by atoms with van der Waals surface area (Å²) in [5.74, 6) is -0.0810. The summed E-state index contributed by atoms with van der Waals surface area (Å²) < 4.78 is 0. The largest absolute Gasteiger partial charge is 0.377 e. The lowest BCUT2D eigenvalue weighted by Gasteiger charge is -2.16. The first kappa shape index (κ1) is 11.2. The van der Waals surface area contributed by atoms with Crippen molar-refractivity contribution < 1.29 is 4.79 Å². The van der Waals surface area contributed by atoms with Gasteiger partial charge in [0.05, 0.1) is 0 Å². The number of ketones is 1. The van der Waals surface area contributed by atoms with Crippen molar-refractivity contribution in [2.24, 2.45) is 0 Å². The Morgan fingerprint density at radius 3 is 2.33 bits per heavy atom. The Morgan fingerprint density at radius 2 is 1.87 bits per heavy atom. The zero-order valence-electron chi connectivity index (χ0n) is 9.10. The van der Waals surface area contributed by atoms with Gasteiger partial charge >= 0.3 is 0 Å². The number of hydrogen-bond donors (Lipinski definition) is 0. The second-order valence-electron chi connectivity index (χ2n) is 3.40. The van der Waals surface area contributed by atoms with Crippen molar-refractivity contribution in [2.75, 3.05) is 14.1 Å². The molecule has 0 fully saturated rings.